The molecule has 1 aromatic heterocycles. The first-order valence-corrected chi connectivity index (χ1v) is 12.6. The second-order valence-electron chi connectivity index (χ2n) is 7.36. The molecule has 1 heterocycles. The SMILES string of the molecule is CS(=O)(=O)c1ccc(-c2nc(C(F)(F)F)nc(OSc3ccc(F)cc3)c2-c2ccccc2)cc1. The Morgan fingerprint density at radius 3 is 2.03 bits per heavy atom. The molecule has 5 nitrogen and oxygen atoms in total. The second-order valence-corrected chi connectivity index (χ2v) is 10.2. The molecule has 35 heavy (non-hydrogen) atoms. The largest absolute Gasteiger partial charge is 0.451 e. The summed E-state index contributed by atoms with van der Waals surface area (Å²) in [6, 6.07) is 19.0. The van der Waals surface area contributed by atoms with Crippen LogP contribution in [0.25, 0.3) is 22.4 Å². The van der Waals surface area contributed by atoms with Gasteiger partial charge in [-0.05, 0) is 42.0 Å². The van der Waals surface area contributed by atoms with Crippen molar-refractivity contribution >= 4 is 21.9 Å². The van der Waals surface area contributed by atoms with Crippen molar-refractivity contribution in [3.05, 3.63) is 90.5 Å². The summed E-state index contributed by atoms with van der Waals surface area (Å²) in [7, 11) is -3.51. The van der Waals surface area contributed by atoms with Crippen LogP contribution < -0.4 is 4.18 Å². The summed E-state index contributed by atoms with van der Waals surface area (Å²) in [6.45, 7) is 0. The molecule has 3 aromatic carbocycles. The van der Waals surface area contributed by atoms with E-state index in [0.29, 0.717) is 22.5 Å². The number of halogens is 4. The van der Waals surface area contributed by atoms with Crippen molar-refractivity contribution < 1.29 is 30.2 Å². The number of rotatable bonds is 6. The fraction of sp³-hybridized carbons (Fsp3) is 0.0833. The van der Waals surface area contributed by atoms with Gasteiger partial charge in [0.2, 0.25) is 11.7 Å². The first-order valence-electron chi connectivity index (χ1n) is 9.97. The van der Waals surface area contributed by atoms with Gasteiger partial charge in [0, 0.05) is 16.7 Å². The molecule has 0 bridgehead atoms. The molecule has 0 aliphatic carbocycles. The van der Waals surface area contributed by atoms with Gasteiger partial charge < -0.3 is 4.18 Å². The van der Waals surface area contributed by atoms with Crippen LogP contribution in [0, 0.1) is 5.82 Å². The van der Waals surface area contributed by atoms with E-state index in [1.807, 2.05) is 0 Å². The van der Waals surface area contributed by atoms with Crippen LogP contribution >= 0.6 is 12.0 Å². The third kappa shape index (κ3) is 5.80. The molecular weight excluding hydrogens is 504 g/mol. The highest BCUT2D eigenvalue weighted by Crippen LogP contribution is 2.41. The van der Waals surface area contributed by atoms with E-state index in [0.717, 1.165) is 6.26 Å². The molecule has 180 valence electrons. The molecule has 0 saturated carbocycles. The second kappa shape index (κ2) is 9.67. The molecule has 4 rings (SSSR count). The first-order chi connectivity index (χ1) is 16.5. The van der Waals surface area contributed by atoms with Crippen molar-refractivity contribution in [2.45, 2.75) is 16.0 Å². The van der Waals surface area contributed by atoms with Crippen LogP contribution in [-0.4, -0.2) is 24.6 Å². The molecule has 0 spiro atoms. The molecule has 0 amide bonds. The van der Waals surface area contributed by atoms with Crippen LogP contribution in [0.1, 0.15) is 5.82 Å². The van der Waals surface area contributed by atoms with Crippen LogP contribution in [0.4, 0.5) is 17.6 Å². The fourth-order valence-corrected chi connectivity index (χ4v) is 4.31. The molecule has 0 fully saturated rings. The van der Waals surface area contributed by atoms with Crippen molar-refractivity contribution in [3.8, 4) is 28.3 Å². The summed E-state index contributed by atoms with van der Waals surface area (Å²) < 4.78 is 83.7. The Balaban J connectivity index is 1.90. The topological polar surface area (TPSA) is 69.2 Å². The van der Waals surface area contributed by atoms with E-state index < -0.39 is 27.7 Å². The van der Waals surface area contributed by atoms with E-state index in [2.05, 4.69) is 9.97 Å². The van der Waals surface area contributed by atoms with Crippen LogP contribution in [0.15, 0.2) is 88.7 Å². The van der Waals surface area contributed by atoms with Gasteiger partial charge in [0.25, 0.3) is 0 Å². The van der Waals surface area contributed by atoms with Gasteiger partial charge in [-0.1, -0.05) is 42.5 Å². The van der Waals surface area contributed by atoms with Crippen molar-refractivity contribution in [1.29, 1.82) is 0 Å². The molecule has 0 atom stereocenters. The van der Waals surface area contributed by atoms with Gasteiger partial charge in [0.1, 0.15) is 5.82 Å². The molecule has 0 saturated heterocycles. The maximum Gasteiger partial charge on any atom is 0.451 e. The van der Waals surface area contributed by atoms with Gasteiger partial charge in [0.05, 0.1) is 28.2 Å². The van der Waals surface area contributed by atoms with E-state index in [1.165, 1.54) is 48.5 Å². The average molecular weight is 521 g/mol. The minimum Gasteiger partial charge on any atom is -0.400 e. The number of hydrogen-bond acceptors (Lipinski definition) is 6. The summed E-state index contributed by atoms with van der Waals surface area (Å²) in [5, 5.41) is 0. The van der Waals surface area contributed by atoms with Crippen molar-refractivity contribution in [2.75, 3.05) is 6.26 Å². The summed E-state index contributed by atoms with van der Waals surface area (Å²) >= 11 is 0.716. The quantitative estimate of drug-likeness (QED) is 0.215. The highest BCUT2D eigenvalue weighted by molar-refractivity contribution is 7.95. The van der Waals surface area contributed by atoms with Gasteiger partial charge in [0.15, 0.2) is 9.84 Å². The number of alkyl halides is 3. The summed E-state index contributed by atoms with van der Waals surface area (Å²) in [5.74, 6) is -2.25. The van der Waals surface area contributed by atoms with E-state index in [-0.39, 0.29) is 27.6 Å². The van der Waals surface area contributed by atoms with Crippen LogP contribution in [0.3, 0.4) is 0 Å². The van der Waals surface area contributed by atoms with Crippen molar-refractivity contribution in [2.24, 2.45) is 0 Å². The van der Waals surface area contributed by atoms with Crippen LogP contribution in [0.2, 0.25) is 0 Å². The van der Waals surface area contributed by atoms with Gasteiger partial charge in [-0.2, -0.15) is 18.2 Å². The predicted octanol–water partition coefficient (Wildman–Crippen LogP) is 6.46. The Morgan fingerprint density at radius 2 is 1.46 bits per heavy atom. The lowest BCUT2D eigenvalue weighted by Crippen LogP contribution is -2.13. The van der Waals surface area contributed by atoms with Gasteiger partial charge in [-0.15, -0.1) is 0 Å². The van der Waals surface area contributed by atoms with Gasteiger partial charge >= 0.3 is 6.18 Å². The lowest BCUT2D eigenvalue weighted by molar-refractivity contribution is -0.145. The Labute approximate surface area is 203 Å². The monoisotopic (exact) mass is 520 g/mol. The minimum atomic E-state index is -4.88. The van der Waals surface area contributed by atoms with E-state index in [1.54, 1.807) is 30.3 Å². The molecule has 0 aliphatic rings. The Bertz CT molecular complexity index is 1440. The van der Waals surface area contributed by atoms with Crippen molar-refractivity contribution in [3.63, 3.8) is 0 Å². The zero-order chi connectivity index (χ0) is 25.2. The number of hydrogen-bond donors (Lipinski definition) is 0. The molecule has 0 N–H and O–H groups in total. The zero-order valence-corrected chi connectivity index (χ0v) is 19.6. The van der Waals surface area contributed by atoms with Gasteiger partial charge in [-0.25, -0.2) is 17.8 Å². The Kier molecular flexibility index (Phi) is 6.82. The molecule has 0 aliphatic heterocycles. The number of benzene rings is 3. The third-order valence-electron chi connectivity index (χ3n) is 4.78. The Morgan fingerprint density at radius 1 is 0.829 bits per heavy atom. The van der Waals surface area contributed by atoms with Crippen molar-refractivity contribution in [1.82, 2.24) is 9.97 Å². The highest BCUT2D eigenvalue weighted by atomic mass is 32.2. The van der Waals surface area contributed by atoms with Crippen LogP contribution in [0.5, 0.6) is 5.88 Å². The standard InChI is InChI=1S/C24H16F4N2O3S2/c1-35(31,32)19-13-7-16(8-14-19)21-20(15-5-3-2-4-6-15)22(30-23(29-21)24(26,27)28)33-34-18-11-9-17(25)10-12-18/h2-14H,1H3. The zero-order valence-electron chi connectivity index (χ0n) is 18.0. The minimum absolute atomic E-state index is 0.0101. The number of nitrogens with zero attached hydrogens (tertiary/aromatic N) is 2. The maximum atomic E-state index is 13.7. The molecule has 0 unspecified atom stereocenters. The van der Waals surface area contributed by atoms with E-state index >= 15 is 0 Å². The summed E-state index contributed by atoms with van der Waals surface area (Å²) in [4.78, 5) is 7.88. The first kappa shape index (κ1) is 24.7. The normalized spacial score (nSPS) is 11.9. The van der Waals surface area contributed by atoms with E-state index in [4.69, 9.17) is 4.18 Å². The average Bonchev–Trinajstić information content (AvgIpc) is 2.82. The van der Waals surface area contributed by atoms with E-state index in [9.17, 15) is 26.0 Å². The number of sulfone groups is 1. The van der Waals surface area contributed by atoms with Crippen LogP contribution in [-0.2, 0) is 16.0 Å². The molecule has 11 heteroatoms. The smallest absolute Gasteiger partial charge is 0.400 e. The Hall–Kier alpha value is -3.44. The molecular formula is C24H16F4N2O3S2. The molecule has 4 aromatic rings. The summed E-state index contributed by atoms with van der Waals surface area (Å²) in [5.41, 5.74) is 0.813. The third-order valence-corrected chi connectivity index (χ3v) is 6.61. The fourth-order valence-electron chi connectivity index (χ4n) is 3.14. The highest BCUT2D eigenvalue weighted by Gasteiger charge is 2.37. The van der Waals surface area contributed by atoms with Gasteiger partial charge in [-0.3, -0.25) is 0 Å². The summed E-state index contributed by atoms with van der Waals surface area (Å²) in [6.07, 6.45) is -3.85. The predicted molar refractivity (Wildman–Crippen MR) is 124 cm³/mol. The molecule has 0 radical (unpaired) electrons. The lowest BCUT2D eigenvalue weighted by Gasteiger charge is -2.17. The lowest BCUT2D eigenvalue weighted by atomic mass is 10.00. The number of aromatic nitrogens is 2. The maximum absolute atomic E-state index is 13.7.